The molecule has 0 bridgehead atoms. The number of halogens is 1. The third-order valence-electron chi connectivity index (χ3n) is 5.52. The number of ether oxygens (including phenoxy) is 2. The highest BCUT2D eigenvalue weighted by atomic mass is 35.5. The highest BCUT2D eigenvalue weighted by Crippen LogP contribution is 2.50. The third kappa shape index (κ3) is 8.01. The molecule has 0 saturated carbocycles. The average molecular weight is 493 g/mol. The van der Waals surface area contributed by atoms with Gasteiger partial charge in [-0.25, -0.2) is 0 Å². The lowest BCUT2D eigenvalue weighted by atomic mass is 10.1. The van der Waals surface area contributed by atoms with Crippen LogP contribution in [0.5, 0.6) is 5.75 Å². The molecule has 0 aromatic heterocycles. The van der Waals surface area contributed by atoms with Crippen LogP contribution in [0.2, 0.25) is 5.02 Å². The summed E-state index contributed by atoms with van der Waals surface area (Å²) < 4.78 is 24.7. The molecule has 0 aliphatic carbocycles. The molecule has 2 rings (SSSR count). The molecule has 0 fully saturated rings. The Labute approximate surface area is 202 Å². The van der Waals surface area contributed by atoms with E-state index in [0.717, 1.165) is 19.3 Å². The van der Waals surface area contributed by atoms with Crippen LogP contribution in [0.15, 0.2) is 48.5 Å². The van der Waals surface area contributed by atoms with Gasteiger partial charge in [0.1, 0.15) is 11.9 Å². The van der Waals surface area contributed by atoms with Gasteiger partial charge in [0.05, 0.1) is 24.3 Å². The van der Waals surface area contributed by atoms with Gasteiger partial charge in [-0.2, -0.15) is 0 Å². The van der Waals surface area contributed by atoms with Gasteiger partial charge >= 0.3 is 5.97 Å². The number of carbonyl (C=O) groups excluding carboxylic acids is 2. The summed E-state index contributed by atoms with van der Waals surface area (Å²) in [5.41, 5.74) is -0.690. The molecule has 0 spiro atoms. The maximum atomic E-state index is 14.0. The highest BCUT2D eigenvalue weighted by Gasteiger charge is 2.39. The van der Waals surface area contributed by atoms with Gasteiger partial charge in [-0.1, -0.05) is 99.9 Å². The Morgan fingerprint density at radius 1 is 0.879 bits per heavy atom. The summed E-state index contributed by atoms with van der Waals surface area (Å²) in [6.07, 6.45) is 8.52. The van der Waals surface area contributed by atoms with E-state index in [9.17, 15) is 14.2 Å². The maximum Gasteiger partial charge on any atom is 0.314 e. The van der Waals surface area contributed by atoms with Crippen LogP contribution in [-0.2, 0) is 14.1 Å². The van der Waals surface area contributed by atoms with Gasteiger partial charge in [-0.3, -0.25) is 9.59 Å². The minimum atomic E-state index is -3.86. The summed E-state index contributed by atoms with van der Waals surface area (Å²) in [7, 11) is -2.45. The van der Waals surface area contributed by atoms with Crippen molar-refractivity contribution in [2.45, 2.75) is 58.3 Å². The van der Waals surface area contributed by atoms with Crippen molar-refractivity contribution in [2.75, 3.05) is 19.9 Å². The number of carbonyl (C=O) groups is 2. The first-order chi connectivity index (χ1) is 15.9. The van der Waals surface area contributed by atoms with Crippen molar-refractivity contribution >= 4 is 35.5 Å². The van der Waals surface area contributed by atoms with Crippen LogP contribution in [0.1, 0.15) is 68.6 Å². The molecule has 33 heavy (non-hydrogen) atoms. The van der Waals surface area contributed by atoms with Crippen LogP contribution in [-0.4, -0.2) is 31.4 Å². The third-order valence-corrected chi connectivity index (χ3v) is 8.55. The quantitative estimate of drug-likeness (QED) is 0.154. The first-order valence-electron chi connectivity index (χ1n) is 11.6. The van der Waals surface area contributed by atoms with Crippen molar-refractivity contribution in [2.24, 2.45) is 0 Å². The van der Waals surface area contributed by atoms with E-state index in [0.29, 0.717) is 5.30 Å². The van der Waals surface area contributed by atoms with Crippen LogP contribution < -0.4 is 10.0 Å². The average Bonchev–Trinajstić information content (AvgIpc) is 2.82. The number of unbranched alkanes of at least 4 members (excludes halogenated alkanes) is 7. The van der Waals surface area contributed by atoms with Crippen LogP contribution in [0.25, 0.3) is 0 Å². The fourth-order valence-corrected chi connectivity index (χ4v) is 6.24. The molecule has 180 valence electrons. The largest absolute Gasteiger partial charge is 0.496 e. The molecule has 2 aromatic carbocycles. The Kier molecular flexibility index (Phi) is 11.7. The maximum absolute atomic E-state index is 14.0. The van der Waals surface area contributed by atoms with Crippen molar-refractivity contribution < 1.29 is 23.6 Å². The molecule has 5 nitrogen and oxygen atoms in total. The molecule has 0 aliphatic rings. The minimum absolute atomic E-state index is 0.0183. The Balaban J connectivity index is 2.05. The Morgan fingerprint density at radius 3 is 2.15 bits per heavy atom. The Morgan fingerprint density at radius 2 is 1.52 bits per heavy atom. The smallest absolute Gasteiger partial charge is 0.314 e. The van der Waals surface area contributed by atoms with Crippen LogP contribution in [0.4, 0.5) is 0 Å². The first kappa shape index (κ1) is 27.1. The van der Waals surface area contributed by atoms with E-state index in [1.54, 1.807) is 42.5 Å². The second kappa shape index (κ2) is 14.2. The SMILES string of the molecule is CCCCCCCCCCOC(=O)CP(=O)(C(=O)c1c(Cl)cccc1OC)c1ccccc1. The van der Waals surface area contributed by atoms with E-state index in [-0.39, 0.29) is 22.9 Å². The van der Waals surface area contributed by atoms with Crippen molar-refractivity contribution in [3.8, 4) is 5.75 Å². The fraction of sp³-hybridized carbons (Fsp3) is 0.462. The number of hydrogen-bond acceptors (Lipinski definition) is 5. The molecule has 0 heterocycles. The number of rotatable bonds is 15. The Hall–Kier alpha value is -2.10. The second-order valence-electron chi connectivity index (χ2n) is 8.05. The molecule has 7 heteroatoms. The van der Waals surface area contributed by atoms with Gasteiger partial charge in [0.15, 0.2) is 7.14 Å². The zero-order valence-corrected chi connectivity index (χ0v) is 21.2. The van der Waals surface area contributed by atoms with E-state index in [1.165, 1.54) is 45.3 Å². The molecule has 0 saturated heterocycles. The normalized spacial score (nSPS) is 12.7. The zero-order valence-electron chi connectivity index (χ0n) is 19.6. The second-order valence-corrected chi connectivity index (χ2v) is 11.2. The zero-order chi connectivity index (χ0) is 24.1. The summed E-state index contributed by atoms with van der Waals surface area (Å²) in [6, 6.07) is 13.1. The highest BCUT2D eigenvalue weighted by molar-refractivity contribution is 7.88. The number of hydrogen-bond donors (Lipinski definition) is 0. The molecular formula is C26H34ClO5P. The van der Waals surface area contributed by atoms with Crippen LogP contribution in [0, 0.1) is 0 Å². The molecule has 2 aromatic rings. The molecular weight excluding hydrogens is 459 g/mol. The van der Waals surface area contributed by atoms with Gasteiger partial charge in [-0.15, -0.1) is 0 Å². The lowest BCUT2D eigenvalue weighted by Gasteiger charge is -2.19. The fourth-order valence-electron chi connectivity index (χ4n) is 3.66. The standard InChI is InChI=1S/C26H34ClO5P/c1-3-4-5-6-7-8-9-13-19-32-24(28)20-33(30,21-15-11-10-12-16-21)26(29)25-22(27)17-14-18-23(25)31-2/h10-12,14-18H,3-9,13,19-20H2,1-2H3. The lowest BCUT2D eigenvalue weighted by Crippen LogP contribution is -2.22. The summed E-state index contributed by atoms with van der Waals surface area (Å²) in [5, 5.41) is 0.420. The van der Waals surface area contributed by atoms with E-state index in [1.807, 2.05) is 0 Å². The first-order valence-corrected chi connectivity index (χ1v) is 13.9. The molecule has 0 aliphatic heterocycles. The van der Waals surface area contributed by atoms with Crippen molar-refractivity contribution in [1.82, 2.24) is 0 Å². The topological polar surface area (TPSA) is 69.7 Å². The predicted octanol–water partition coefficient (Wildman–Crippen LogP) is 6.86. The number of benzene rings is 2. The van der Waals surface area contributed by atoms with E-state index < -0.39 is 24.8 Å². The predicted molar refractivity (Wildman–Crippen MR) is 134 cm³/mol. The van der Waals surface area contributed by atoms with Gasteiger partial charge in [0, 0.05) is 5.30 Å². The summed E-state index contributed by atoms with van der Waals surface area (Å²) in [4.78, 5) is 26.1. The van der Waals surface area contributed by atoms with E-state index in [2.05, 4.69) is 6.92 Å². The number of esters is 1. The summed E-state index contributed by atoms with van der Waals surface area (Å²) in [5.74, 6) is -0.430. The lowest BCUT2D eigenvalue weighted by molar-refractivity contribution is -0.140. The molecule has 1 atom stereocenters. The van der Waals surface area contributed by atoms with E-state index in [4.69, 9.17) is 21.1 Å². The summed E-state index contributed by atoms with van der Waals surface area (Å²) >= 11 is 6.27. The van der Waals surface area contributed by atoms with Crippen LogP contribution in [0.3, 0.4) is 0 Å². The molecule has 0 radical (unpaired) electrons. The van der Waals surface area contributed by atoms with Gasteiger partial charge in [0.2, 0.25) is 5.52 Å². The molecule has 0 amide bonds. The molecule has 0 N–H and O–H groups in total. The monoisotopic (exact) mass is 492 g/mol. The van der Waals surface area contributed by atoms with Crippen molar-refractivity contribution in [3.05, 3.63) is 59.1 Å². The van der Waals surface area contributed by atoms with Crippen molar-refractivity contribution in [1.29, 1.82) is 0 Å². The van der Waals surface area contributed by atoms with Crippen LogP contribution >= 0.6 is 18.7 Å². The van der Waals surface area contributed by atoms with Gasteiger partial charge < -0.3 is 14.0 Å². The van der Waals surface area contributed by atoms with Gasteiger partial charge in [-0.05, 0) is 18.6 Å². The van der Waals surface area contributed by atoms with Gasteiger partial charge in [0.25, 0.3) is 0 Å². The Bertz CT molecular complexity index is 945. The number of methoxy groups -OCH3 is 1. The summed E-state index contributed by atoms with van der Waals surface area (Å²) in [6.45, 7) is 2.45. The minimum Gasteiger partial charge on any atom is -0.496 e. The van der Waals surface area contributed by atoms with E-state index >= 15 is 0 Å². The molecule has 1 unspecified atom stereocenters. The van der Waals surface area contributed by atoms with Crippen molar-refractivity contribution in [3.63, 3.8) is 0 Å².